The van der Waals surface area contributed by atoms with Crippen molar-refractivity contribution in [2.45, 2.75) is 19.8 Å². The Balaban J connectivity index is 1.86. The van der Waals surface area contributed by atoms with E-state index >= 15 is 0 Å². The van der Waals surface area contributed by atoms with Crippen LogP contribution in [0.25, 0.3) is 0 Å². The third kappa shape index (κ3) is 1.97. The number of aliphatic hydroxyl groups excluding tert-OH is 1. The molecule has 0 aromatic carbocycles. The summed E-state index contributed by atoms with van der Waals surface area (Å²) in [7, 11) is 0. The maximum Gasteiger partial charge on any atom is 0.205 e. The van der Waals surface area contributed by atoms with E-state index in [2.05, 4.69) is 15.5 Å². The minimum absolute atomic E-state index is 0.138. The Kier molecular flexibility index (Phi) is 2.21. The van der Waals surface area contributed by atoms with Crippen molar-refractivity contribution in [3.8, 4) is 0 Å². The van der Waals surface area contributed by atoms with Crippen molar-refractivity contribution in [1.82, 2.24) is 10.2 Å². The summed E-state index contributed by atoms with van der Waals surface area (Å²) >= 11 is 1.55. The molecule has 0 aliphatic heterocycles. The van der Waals surface area contributed by atoms with Gasteiger partial charge in [0.2, 0.25) is 5.13 Å². The Labute approximate surface area is 81.0 Å². The number of anilines is 1. The second-order valence-corrected chi connectivity index (χ2v) is 4.82. The lowest BCUT2D eigenvalue weighted by Crippen LogP contribution is -2.18. The van der Waals surface area contributed by atoms with Gasteiger partial charge >= 0.3 is 0 Å². The molecule has 1 aromatic heterocycles. The minimum atomic E-state index is 0.138. The summed E-state index contributed by atoms with van der Waals surface area (Å²) in [6.45, 7) is 3.03. The van der Waals surface area contributed by atoms with Crippen LogP contribution < -0.4 is 5.32 Å². The molecule has 0 radical (unpaired) electrons. The molecule has 1 aliphatic carbocycles. The summed E-state index contributed by atoms with van der Waals surface area (Å²) in [5.41, 5.74) is 0.138. The number of aliphatic hydroxyl groups is 1. The smallest absolute Gasteiger partial charge is 0.205 e. The van der Waals surface area contributed by atoms with Gasteiger partial charge in [-0.3, -0.25) is 0 Å². The van der Waals surface area contributed by atoms with Crippen molar-refractivity contribution in [3.63, 3.8) is 0 Å². The first-order valence-corrected chi connectivity index (χ1v) is 5.21. The molecule has 1 aliphatic rings. The zero-order valence-corrected chi connectivity index (χ0v) is 8.39. The molecule has 0 unspecified atom stereocenters. The van der Waals surface area contributed by atoms with Gasteiger partial charge in [-0.15, -0.1) is 10.2 Å². The highest BCUT2D eigenvalue weighted by atomic mass is 32.1. The largest absolute Gasteiger partial charge is 0.396 e. The van der Waals surface area contributed by atoms with Crippen LogP contribution in [0.5, 0.6) is 0 Å². The summed E-state index contributed by atoms with van der Waals surface area (Å²) < 4.78 is 0. The molecule has 0 spiro atoms. The molecule has 1 heterocycles. The Morgan fingerprint density at radius 2 is 2.31 bits per heavy atom. The van der Waals surface area contributed by atoms with E-state index in [1.807, 2.05) is 6.92 Å². The van der Waals surface area contributed by atoms with Crippen LogP contribution >= 0.6 is 11.3 Å². The fourth-order valence-corrected chi connectivity index (χ4v) is 1.79. The molecule has 1 aromatic rings. The topological polar surface area (TPSA) is 58.0 Å². The Morgan fingerprint density at radius 1 is 1.54 bits per heavy atom. The van der Waals surface area contributed by atoms with Gasteiger partial charge in [0.05, 0.1) is 6.61 Å². The average molecular weight is 199 g/mol. The van der Waals surface area contributed by atoms with Gasteiger partial charge in [0.15, 0.2) is 0 Å². The predicted octanol–water partition coefficient (Wildman–Crippen LogP) is 1.03. The molecule has 13 heavy (non-hydrogen) atoms. The van der Waals surface area contributed by atoms with E-state index in [0.717, 1.165) is 29.5 Å². The van der Waals surface area contributed by atoms with Crippen LogP contribution in [0.2, 0.25) is 0 Å². The highest BCUT2D eigenvalue weighted by Crippen LogP contribution is 2.44. The average Bonchev–Trinajstić information content (AvgIpc) is 2.81. The third-order valence-corrected chi connectivity index (χ3v) is 3.23. The second-order valence-electron chi connectivity index (χ2n) is 3.64. The number of nitrogens with one attached hydrogen (secondary N) is 1. The molecule has 1 fully saturated rings. The van der Waals surface area contributed by atoms with E-state index in [9.17, 15) is 0 Å². The summed E-state index contributed by atoms with van der Waals surface area (Å²) in [4.78, 5) is 0. The van der Waals surface area contributed by atoms with Crippen molar-refractivity contribution >= 4 is 16.5 Å². The van der Waals surface area contributed by atoms with Crippen LogP contribution in [-0.4, -0.2) is 28.5 Å². The van der Waals surface area contributed by atoms with Crippen LogP contribution in [0, 0.1) is 12.3 Å². The van der Waals surface area contributed by atoms with E-state index in [1.54, 1.807) is 11.3 Å². The number of hydrogen-bond acceptors (Lipinski definition) is 5. The van der Waals surface area contributed by atoms with Gasteiger partial charge in [0.1, 0.15) is 5.01 Å². The van der Waals surface area contributed by atoms with Crippen molar-refractivity contribution in [2.75, 3.05) is 18.5 Å². The Morgan fingerprint density at radius 3 is 2.77 bits per heavy atom. The monoisotopic (exact) mass is 199 g/mol. The van der Waals surface area contributed by atoms with Crippen LogP contribution in [0.4, 0.5) is 5.13 Å². The van der Waals surface area contributed by atoms with E-state index in [1.165, 1.54) is 0 Å². The van der Waals surface area contributed by atoms with E-state index < -0.39 is 0 Å². The third-order valence-electron chi connectivity index (χ3n) is 2.43. The molecule has 0 atom stereocenters. The van der Waals surface area contributed by atoms with Crippen molar-refractivity contribution in [1.29, 1.82) is 0 Å². The van der Waals surface area contributed by atoms with Gasteiger partial charge < -0.3 is 10.4 Å². The van der Waals surface area contributed by atoms with Crippen LogP contribution in [0.3, 0.4) is 0 Å². The standard InChI is InChI=1S/C8H13N3OS/c1-6-10-11-7(13-6)9-4-8(5-12)2-3-8/h12H,2-5H2,1H3,(H,9,11). The van der Waals surface area contributed by atoms with Crippen LogP contribution in [0.1, 0.15) is 17.8 Å². The summed E-state index contributed by atoms with van der Waals surface area (Å²) in [5, 5.41) is 22.0. The van der Waals surface area contributed by atoms with Crippen molar-refractivity contribution in [2.24, 2.45) is 5.41 Å². The molecular formula is C8H13N3OS. The summed E-state index contributed by atoms with van der Waals surface area (Å²) in [5.74, 6) is 0. The molecule has 2 rings (SSSR count). The lowest BCUT2D eigenvalue weighted by atomic mass is 10.1. The summed E-state index contributed by atoms with van der Waals surface area (Å²) in [6.07, 6.45) is 2.24. The first-order valence-electron chi connectivity index (χ1n) is 4.39. The van der Waals surface area contributed by atoms with Gasteiger partial charge in [-0.2, -0.15) is 0 Å². The number of aromatic nitrogens is 2. The maximum absolute atomic E-state index is 9.07. The van der Waals surface area contributed by atoms with Crippen molar-refractivity contribution < 1.29 is 5.11 Å². The number of nitrogens with zero attached hydrogens (tertiary/aromatic N) is 2. The first-order chi connectivity index (χ1) is 6.24. The number of rotatable bonds is 4. The fourth-order valence-electron chi connectivity index (χ4n) is 1.20. The molecule has 72 valence electrons. The molecule has 4 nitrogen and oxygen atoms in total. The van der Waals surface area contributed by atoms with Crippen molar-refractivity contribution in [3.05, 3.63) is 5.01 Å². The van der Waals surface area contributed by atoms with Gasteiger partial charge in [-0.05, 0) is 19.8 Å². The quantitative estimate of drug-likeness (QED) is 0.760. The molecule has 2 N–H and O–H groups in total. The summed E-state index contributed by atoms with van der Waals surface area (Å²) in [6, 6.07) is 0. The molecule has 5 heteroatoms. The zero-order chi connectivity index (χ0) is 9.31. The van der Waals surface area contributed by atoms with E-state index in [0.29, 0.717) is 0 Å². The van der Waals surface area contributed by atoms with Crippen LogP contribution in [-0.2, 0) is 0 Å². The Bertz CT molecular complexity index is 295. The molecular weight excluding hydrogens is 186 g/mol. The molecule has 0 bridgehead atoms. The minimum Gasteiger partial charge on any atom is -0.396 e. The molecule has 0 amide bonds. The van der Waals surface area contributed by atoms with E-state index in [-0.39, 0.29) is 12.0 Å². The predicted molar refractivity (Wildman–Crippen MR) is 51.9 cm³/mol. The number of hydrogen-bond donors (Lipinski definition) is 2. The highest BCUT2D eigenvalue weighted by Gasteiger charge is 2.41. The van der Waals surface area contributed by atoms with Gasteiger partial charge in [0.25, 0.3) is 0 Å². The van der Waals surface area contributed by atoms with Crippen LogP contribution in [0.15, 0.2) is 0 Å². The zero-order valence-electron chi connectivity index (χ0n) is 7.58. The van der Waals surface area contributed by atoms with Gasteiger partial charge in [-0.1, -0.05) is 11.3 Å². The maximum atomic E-state index is 9.07. The normalized spacial score (nSPS) is 18.6. The molecule has 1 saturated carbocycles. The van der Waals surface area contributed by atoms with Gasteiger partial charge in [0, 0.05) is 12.0 Å². The molecule has 0 saturated heterocycles. The lowest BCUT2D eigenvalue weighted by Gasteiger charge is -2.10. The fraction of sp³-hybridized carbons (Fsp3) is 0.750. The van der Waals surface area contributed by atoms with E-state index in [4.69, 9.17) is 5.11 Å². The number of aryl methyl sites for hydroxylation is 1. The van der Waals surface area contributed by atoms with Gasteiger partial charge in [-0.25, -0.2) is 0 Å². The Hall–Kier alpha value is -0.680. The second kappa shape index (κ2) is 3.23. The first kappa shape index (κ1) is 8.90. The highest BCUT2D eigenvalue weighted by molar-refractivity contribution is 7.15. The SMILES string of the molecule is Cc1nnc(NCC2(CO)CC2)s1. The lowest BCUT2D eigenvalue weighted by molar-refractivity contribution is 0.220.